The molecule has 0 saturated heterocycles. The number of thioether (sulfide) groups is 1. The van der Waals surface area contributed by atoms with E-state index in [-0.39, 0.29) is 30.4 Å². The summed E-state index contributed by atoms with van der Waals surface area (Å²) in [6, 6.07) is -1.20. The summed E-state index contributed by atoms with van der Waals surface area (Å²) in [5.41, 5.74) is -7.26. The number of fused-ring (bicyclic) bond motifs is 5. The second-order valence-electron chi connectivity index (χ2n) is 10.3. The molecule has 4 rings (SSSR count). The molecule has 0 aliphatic heterocycles. The molecule has 0 unspecified atom stereocenters. The average Bonchev–Trinajstić information content (AvgIpc) is 3.03. The average molecular weight is 522 g/mol. The standard InChI is InChI=1S/C25H31ClF2O5S/c1-5-20(31)33-25(21(32)34-12-27)13(2)8-15-16-10-18(26)17-9-14(29)6-7-22(17,3)24(16,28)19(30)11-23(15,25)4/h6-7,9,13,15-16,18-19,30H,5,8,10-12H2,1-4H3/t13-,15+,16+,18+,19+,22+,23+,24+,25+/m1/s1/i1D3,5D2. The number of rotatable bonds is 4. The molecule has 4 aliphatic rings. The normalized spacial score (nSPS) is 50.3. The summed E-state index contributed by atoms with van der Waals surface area (Å²) in [6.07, 6.45) is -1.74. The van der Waals surface area contributed by atoms with Crippen LogP contribution in [0.4, 0.5) is 8.78 Å². The number of ketones is 1. The van der Waals surface area contributed by atoms with Crippen molar-refractivity contribution in [3.8, 4) is 0 Å². The van der Waals surface area contributed by atoms with E-state index in [1.54, 1.807) is 6.92 Å². The van der Waals surface area contributed by atoms with Gasteiger partial charge in [-0.3, -0.25) is 14.4 Å². The number of allylic oxidation sites excluding steroid dienone is 4. The Bertz CT molecular complexity index is 1170. The molecule has 3 fully saturated rings. The Morgan fingerprint density at radius 3 is 2.74 bits per heavy atom. The molecule has 1 N–H and O–H groups in total. The molecule has 5 nitrogen and oxygen atoms in total. The van der Waals surface area contributed by atoms with Crippen LogP contribution in [0.3, 0.4) is 0 Å². The van der Waals surface area contributed by atoms with E-state index in [2.05, 4.69) is 0 Å². The number of aliphatic hydroxyl groups excluding tert-OH is 1. The van der Waals surface area contributed by atoms with E-state index in [4.69, 9.17) is 23.2 Å². The maximum absolute atomic E-state index is 17.5. The largest absolute Gasteiger partial charge is 0.449 e. The van der Waals surface area contributed by atoms with Crippen molar-refractivity contribution < 1.29 is 39.9 Å². The molecule has 4 aliphatic carbocycles. The van der Waals surface area contributed by atoms with Crippen LogP contribution in [0.15, 0.2) is 23.8 Å². The Labute approximate surface area is 214 Å². The van der Waals surface area contributed by atoms with E-state index >= 15 is 4.39 Å². The lowest BCUT2D eigenvalue weighted by Crippen LogP contribution is -2.70. The van der Waals surface area contributed by atoms with Gasteiger partial charge in [-0.2, -0.15) is 0 Å². The van der Waals surface area contributed by atoms with Crippen LogP contribution in [0.2, 0.25) is 0 Å². The second kappa shape index (κ2) is 8.41. The van der Waals surface area contributed by atoms with Gasteiger partial charge in [-0.25, -0.2) is 8.78 Å². The lowest BCUT2D eigenvalue weighted by Gasteiger charge is -2.63. The van der Waals surface area contributed by atoms with Gasteiger partial charge in [0.2, 0.25) is 5.12 Å². The van der Waals surface area contributed by atoms with E-state index in [1.807, 2.05) is 0 Å². The monoisotopic (exact) mass is 521 g/mol. The first-order valence-electron chi connectivity index (χ1n) is 13.7. The number of carbonyl (C=O) groups is 3. The molecule has 0 bridgehead atoms. The van der Waals surface area contributed by atoms with Crippen LogP contribution in [0.25, 0.3) is 0 Å². The summed E-state index contributed by atoms with van der Waals surface area (Å²) in [6.45, 7) is 1.16. The van der Waals surface area contributed by atoms with E-state index < -0.39 is 88.1 Å². The van der Waals surface area contributed by atoms with Crippen molar-refractivity contribution in [3.05, 3.63) is 23.8 Å². The third kappa shape index (κ3) is 3.10. The molecule has 3 saturated carbocycles. The summed E-state index contributed by atoms with van der Waals surface area (Å²) in [7, 11) is 0. The van der Waals surface area contributed by atoms with Crippen molar-refractivity contribution in [2.24, 2.45) is 28.6 Å². The minimum atomic E-state index is -3.50. The number of aliphatic hydroxyl groups is 1. The van der Waals surface area contributed by atoms with Gasteiger partial charge in [-0.05, 0) is 61.6 Å². The summed E-state index contributed by atoms with van der Waals surface area (Å²) in [5.74, 6) is -4.85. The molecule has 9 heteroatoms. The molecule has 0 radical (unpaired) electrons. The van der Waals surface area contributed by atoms with Gasteiger partial charge in [0, 0.05) is 35.9 Å². The maximum Gasteiger partial charge on any atom is 0.306 e. The zero-order valence-corrected chi connectivity index (χ0v) is 20.6. The highest BCUT2D eigenvalue weighted by molar-refractivity contribution is 8.13. The fraction of sp³-hybridized carbons (Fsp3) is 0.720. The smallest absolute Gasteiger partial charge is 0.306 e. The molecule has 188 valence electrons. The highest BCUT2D eigenvalue weighted by Gasteiger charge is 2.78. The van der Waals surface area contributed by atoms with Crippen molar-refractivity contribution in [2.45, 2.75) is 76.0 Å². The maximum atomic E-state index is 17.5. The van der Waals surface area contributed by atoms with Gasteiger partial charge in [-0.15, -0.1) is 11.6 Å². The molecule has 0 aromatic heterocycles. The van der Waals surface area contributed by atoms with Gasteiger partial charge in [0.05, 0.1) is 11.5 Å². The lowest BCUT2D eigenvalue weighted by atomic mass is 9.44. The van der Waals surface area contributed by atoms with Crippen LogP contribution in [-0.4, -0.2) is 50.7 Å². The van der Waals surface area contributed by atoms with Crippen LogP contribution < -0.4 is 0 Å². The number of hydrogen-bond acceptors (Lipinski definition) is 6. The van der Waals surface area contributed by atoms with Gasteiger partial charge in [0.15, 0.2) is 17.1 Å². The Hall–Kier alpha value is -1.25. The molecule has 0 aromatic rings. The number of halogens is 3. The van der Waals surface area contributed by atoms with Crippen molar-refractivity contribution >= 4 is 40.2 Å². The summed E-state index contributed by atoms with van der Waals surface area (Å²) in [5, 5.41) is 9.77. The fourth-order valence-corrected chi connectivity index (χ4v) is 8.82. The predicted octanol–water partition coefficient (Wildman–Crippen LogP) is 4.70. The molecule has 0 heterocycles. The van der Waals surface area contributed by atoms with Crippen LogP contribution in [0.1, 0.15) is 60.1 Å². The minimum Gasteiger partial charge on any atom is -0.449 e. The Kier molecular flexibility index (Phi) is 4.92. The number of ether oxygens (including phenoxy) is 1. The van der Waals surface area contributed by atoms with Crippen molar-refractivity contribution in [3.63, 3.8) is 0 Å². The quantitative estimate of drug-likeness (QED) is 0.426. The summed E-state index contributed by atoms with van der Waals surface area (Å²) >= 11 is 6.89. The topological polar surface area (TPSA) is 80.7 Å². The molecule has 34 heavy (non-hydrogen) atoms. The number of carbonyl (C=O) groups excluding carboxylic acids is 3. The Morgan fingerprint density at radius 2 is 2.09 bits per heavy atom. The van der Waals surface area contributed by atoms with Gasteiger partial charge < -0.3 is 9.84 Å². The summed E-state index contributed by atoms with van der Waals surface area (Å²) in [4.78, 5) is 38.8. The van der Waals surface area contributed by atoms with Gasteiger partial charge in [0.1, 0.15) is 6.01 Å². The van der Waals surface area contributed by atoms with E-state index in [1.165, 1.54) is 32.1 Å². The van der Waals surface area contributed by atoms with Crippen LogP contribution in [0.5, 0.6) is 0 Å². The predicted molar refractivity (Wildman–Crippen MR) is 126 cm³/mol. The van der Waals surface area contributed by atoms with Gasteiger partial charge in [-0.1, -0.05) is 26.8 Å². The number of alkyl halides is 3. The third-order valence-corrected chi connectivity index (χ3v) is 10.1. The third-order valence-electron chi connectivity index (χ3n) is 9.01. The first-order chi connectivity index (χ1) is 17.8. The Balaban J connectivity index is 1.87. The molecule has 0 spiro atoms. The van der Waals surface area contributed by atoms with Crippen LogP contribution >= 0.6 is 23.4 Å². The summed E-state index contributed by atoms with van der Waals surface area (Å²) < 4.78 is 74.7. The molecular formula is C25H31ClF2O5S. The molecular weight excluding hydrogens is 486 g/mol. The van der Waals surface area contributed by atoms with Crippen molar-refractivity contribution in [1.82, 2.24) is 0 Å². The number of hydrogen-bond donors (Lipinski definition) is 1. The SMILES string of the molecule is [2H]C([2H])([2H])C([2H])([2H])C(=O)O[C@]1(C(=O)SCF)[C@H](C)C[C@H]2[C@@H]3C[C@H](Cl)C4=CC(=O)C=C[C@]4(C)[C@@]3(F)[C@@H](O)C[C@@]21C. The number of esters is 1. The minimum absolute atomic E-state index is 0.0186. The molecule has 0 aromatic carbocycles. The van der Waals surface area contributed by atoms with E-state index in [0.717, 1.165) is 0 Å². The first-order valence-corrected chi connectivity index (χ1v) is 12.6. The zero-order valence-electron chi connectivity index (χ0n) is 24.1. The van der Waals surface area contributed by atoms with Gasteiger partial charge >= 0.3 is 5.97 Å². The highest BCUT2D eigenvalue weighted by Crippen LogP contribution is 2.72. The second-order valence-corrected chi connectivity index (χ2v) is 11.7. The van der Waals surface area contributed by atoms with E-state index in [9.17, 15) is 23.9 Å². The molecule has 9 atom stereocenters. The van der Waals surface area contributed by atoms with Crippen molar-refractivity contribution in [1.29, 1.82) is 0 Å². The molecule has 0 amide bonds. The Morgan fingerprint density at radius 1 is 1.38 bits per heavy atom. The van der Waals surface area contributed by atoms with E-state index in [0.29, 0.717) is 5.57 Å². The van der Waals surface area contributed by atoms with Gasteiger partial charge in [0.25, 0.3) is 0 Å². The van der Waals surface area contributed by atoms with Crippen LogP contribution in [-0.2, 0) is 19.1 Å². The fourth-order valence-electron chi connectivity index (χ4n) is 7.55. The lowest BCUT2D eigenvalue weighted by molar-refractivity contribution is -0.224. The zero-order chi connectivity index (χ0) is 29.6. The highest BCUT2D eigenvalue weighted by atomic mass is 35.5. The van der Waals surface area contributed by atoms with Crippen molar-refractivity contribution in [2.75, 3.05) is 6.01 Å². The van der Waals surface area contributed by atoms with Crippen LogP contribution in [0, 0.1) is 28.6 Å². The first kappa shape index (κ1) is 19.9.